The molecule has 1 atom stereocenters. The number of ether oxygens (including phenoxy) is 1. The number of amides is 1. The Morgan fingerprint density at radius 1 is 1.29 bits per heavy atom. The minimum Gasteiger partial charge on any atom is -0.483 e. The summed E-state index contributed by atoms with van der Waals surface area (Å²) in [5, 5.41) is 4.25. The minimum absolute atomic E-state index is 0.00478. The molecule has 0 aliphatic heterocycles. The topological polar surface area (TPSA) is 56.2 Å². The molecule has 0 spiro atoms. The third-order valence-corrected chi connectivity index (χ3v) is 4.43. The summed E-state index contributed by atoms with van der Waals surface area (Å²) in [5.74, 6) is -0.299. The number of nitrogens with one attached hydrogen (secondary N) is 1. The molecule has 0 aliphatic rings. The molecule has 0 saturated carbocycles. The van der Waals surface area contributed by atoms with E-state index in [0.717, 1.165) is 10.9 Å². The van der Waals surface area contributed by atoms with Gasteiger partial charge >= 0.3 is 6.18 Å². The molecule has 2 aromatic heterocycles. The maximum atomic E-state index is 12.6. The number of hydrogen-bond acceptors (Lipinski definition) is 3. The van der Waals surface area contributed by atoms with E-state index < -0.39 is 18.8 Å². The van der Waals surface area contributed by atoms with Gasteiger partial charge in [-0.15, -0.1) is 0 Å². The molecule has 1 unspecified atom stereocenters. The van der Waals surface area contributed by atoms with Crippen LogP contribution in [-0.4, -0.2) is 28.2 Å². The lowest BCUT2D eigenvalue weighted by atomic mass is 10.2. The molecular formula is C19H17ClF3N3O2. The molecule has 28 heavy (non-hydrogen) atoms. The zero-order valence-electron chi connectivity index (χ0n) is 15.0. The zero-order chi connectivity index (χ0) is 20.5. The van der Waals surface area contributed by atoms with E-state index in [2.05, 4.69) is 15.0 Å². The molecule has 3 rings (SSSR count). The predicted molar refractivity (Wildman–Crippen MR) is 99.6 cm³/mol. The second-order valence-electron chi connectivity index (χ2n) is 6.31. The van der Waals surface area contributed by atoms with Crippen LogP contribution < -0.4 is 10.1 Å². The molecule has 0 radical (unpaired) electrons. The highest BCUT2D eigenvalue weighted by molar-refractivity contribution is 6.31. The Bertz CT molecular complexity index is 1000. The van der Waals surface area contributed by atoms with Crippen molar-refractivity contribution in [2.24, 2.45) is 7.05 Å². The van der Waals surface area contributed by atoms with Crippen molar-refractivity contribution in [3.8, 4) is 5.75 Å². The van der Waals surface area contributed by atoms with E-state index in [-0.39, 0.29) is 11.7 Å². The summed E-state index contributed by atoms with van der Waals surface area (Å²) in [6, 6.07) is 9.54. The fraction of sp³-hybridized carbons (Fsp3) is 0.263. The average molecular weight is 412 g/mol. The SMILES string of the molecule is CC(NC(=O)c1cc2cc(Cl)ccc2n1C)c1ccc(OCC(F)(F)F)cn1. The van der Waals surface area contributed by atoms with Gasteiger partial charge in [0.25, 0.3) is 5.91 Å². The lowest BCUT2D eigenvalue weighted by Gasteiger charge is -2.15. The number of aryl methyl sites for hydroxylation is 1. The normalized spacial score (nSPS) is 12.8. The van der Waals surface area contributed by atoms with Gasteiger partial charge in [-0.25, -0.2) is 0 Å². The van der Waals surface area contributed by atoms with E-state index >= 15 is 0 Å². The Kier molecular flexibility index (Phi) is 5.51. The highest BCUT2D eigenvalue weighted by atomic mass is 35.5. The van der Waals surface area contributed by atoms with E-state index in [1.807, 2.05) is 6.07 Å². The van der Waals surface area contributed by atoms with Crippen LogP contribution in [0.2, 0.25) is 5.02 Å². The van der Waals surface area contributed by atoms with Crippen LogP contribution in [0.3, 0.4) is 0 Å². The number of rotatable bonds is 5. The molecule has 1 amide bonds. The van der Waals surface area contributed by atoms with Crippen LogP contribution in [0.5, 0.6) is 5.75 Å². The third kappa shape index (κ3) is 4.56. The Morgan fingerprint density at radius 2 is 2.04 bits per heavy atom. The van der Waals surface area contributed by atoms with Crippen LogP contribution in [0.15, 0.2) is 42.6 Å². The molecule has 1 aromatic carbocycles. The second-order valence-corrected chi connectivity index (χ2v) is 6.75. The fourth-order valence-electron chi connectivity index (χ4n) is 2.78. The number of nitrogens with zero attached hydrogens (tertiary/aromatic N) is 2. The maximum Gasteiger partial charge on any atom is 0.422 e. The van der Waals surface area contributed by atoms with Gasteiger partial charge in [-0.3, -0.25) is 9.78 Å². The summed E-state index contributed by atoms with van der Waals surface area (Å²) >= 11 is 5.99. The number of halogens is 4. The lowest BCUT2D eigenvalue weighted by Crippen LogP contribution is -2.28. The van der Waals surface area contributed by atoms with Crippen molar-refractivity contribution in [1.29, 1.82) is 0 Å². The largest absolute Gasteiger partial charge is 0.483 e. The summed E-state index contributed by atoms with van der Waals surface area (Å²) in [7, 11) is 1.78. The molecule has 148 valence electrons. The molecule has 2 heterocycles. The molecule has 0 aliphatic carbocycles. The average Bonchev–Trinajstić information content (AvgIpc) is 2.95. The van der Waals surface area contributed by atoms with Gasteiger partial charge in [0.1, 0.15) is 11.4 Å². The van der Waals surface area contributed by atoms with E-state index in [0.29, 0.717) is 16.4 Å². The molecule has 0 bridgehead atoms. The summed E-state index contributed by atoms with van der Waals surface area (Å²) in [6.45, 7) is 0.349. The minimum atomic E-state index is -4.41. The Hall–Kier alpha value is -2.74. The molecule has 9 heteroatoms. The van der Waals surface area contributed by atoms with Gasteiger partial charge in [0, 0.05) is 23.0 Å². The second kappa shape index (κ2) is 7.71. The highest BCUT2D eigenvalue weighted by Crippen LogP contribution is 2.23. The van der Waals surface area contributed by atoms with Crippen molar-refractivity contribution in [1.82, 2.24) is 14.9 Å². The van der Waals surface area contributed by atoms with Crippen molar-refractivity contribution in [2.75, 3.05) is 6.61 Å². The van der Waals surface area contributed by atoms with Gasteiger partial charge < -0.3 is 14.6 Å². The van der Waals surface area contributed by atoms with Gasteiger partial charge in [-0.1, -0.05) is 11.6 Å². The van der Waals surface area contributed by atoms with E-state index in [1.54, 1.807) is 36.7 Å². The maximum absolute atomic E-state index is 12.6. The van der Waals surface area contributed by atoms with Crippen molar-refractivity contribution >= 4 is 28.4 Å². The third-order valence-electron chi connectivity index (χ3n) is 4.19. The van der Waals surface area contributed by atoms with Gasteiger partial charge in [-0.2, -0.15) is 13.2 Å². The molecule has 1 N–H and O–H groups in total. The molecule has 5 nitrogen and oxygen atoms in total. The van der Waals surface area contributed by atoms with Crippen LogP contribution in [0, 0.1) is 0 Å². The fourth-order valence-corrected chi connectivity index (χ4v) is 2.96. The number of hydrogen-bond donors (Lipinski definition) is 1. The molecule has 0 fully saturated rings. The summed E-state index contributed by atoms with van der Waals surface area (Å²) < 4.78 is 42.9. The van der Waals surface area contributed by atoms with Crippen molar-refractivity contribution < 1.29 is 22.7 Å². The monoisotopic (exact) mass is 411 g/mol. The number of carbonyl (C=O) groups is 1. The number of alkyl halides is 3. The first-order valence-electron chi connectivity index (χ1n) is 8.35. The highest BCUT2D eigenvalue weighted by Gasteiger charge is 2.28. The van der Waals surface area contributed by atoms with Crippen molar-refractivity contribution in [2.45, 2.75) is 19.1 Å². The Morgan fingerprint density at radius 3 is 2.68 bits per heavy atom. The zero-order valence-corrected chi connectivity index (χ0v) is 15.8. The number of aromatic nitrogens is 2. The van der Waals surface area contributed by atoms with Crippen molar-refractivity contribution in [3.05, 3.63) is 59.0 Å². The standard InChI is InChI=1S/C19H17ClF3N3O2/c1-11(15-5-4-14(9-24-15)28-10-19(21,22)23)25-18(27)17-8-12-7-13(20)3-6-16(12)26(17)2/h3-9,11H,10H2,1-2H3,(H,25,27). The van der Waals surface area contributed by atoms with E-state index in [4.69, 9.17) is 11.6 Å². The van der Waals surface area contributed by atoms with Gasteiger partial charge in [-0.05, 0) is 43.3 Å². The first kappa shape index (κ1) is 20.0. The summed E-state index contributed by atoms with van der Waals surface area (Å²) in [4.78, 5) is 16.7. The first-order chi connectivity index (χ1) is 13.1. The summed E-state index contributed by atoms with van der Waals surface area (Å²) in [5.41, 5.74) is 1.82. The lowest BCUT2D eigenvalue weighted by molar-refractivity contribution is -0.153. The molecule has 3 aromatic rings. The van der Waals surface area contributed by atoms with Gasteiger partial charge in [0.15, 0.2) is 6.61 Å². The van der Waals surface area contributed by atoms with Gasteiger partial charge in [0.2, 0.25) is 0 Å². The number of carbonyl (C=O) groups excluding carboxylic acids is 1. The smallest absolute Gasteiger partial charge is 0.422 e. The number of benzene rings is 1. The van der Waals surface area contributed by atoms with Crippen LogP contribution in [-0.2, 0) is 7.05 Å². The van der Waals surface area contributed by atoms with Crippen LogP contribution >= 0.6 is 11.6 Å². The van der Waals surface area contributed by atoms with Crippen molar-refractivity contribution in [3.63, 3.8) is 0 Å². The predicted octanol–water partition coefficient (Wildman–Crippen LogP) is 4.66. The Balaban J connectivity index is 1.70. The molecular weight excluding hydrogens is 395 g/mol. The van der Waals surface area contributed by atoms with Crippen LogP contribution in [0.25, 0.3) is 10.9 Å². The number of pyridine rings is 1. The van der Waals surface area contributed by atoms with Gasteiger partial charge in [0.05, 0.1) is 17.9 Å². The Labute approximate surface area is 164 Å². The van der Waals surface area contributed by atoms with Crippen LogP contribution in [0.1, 0.15) is 29.1 Å². The van der Waals surface area contributed by atoms with E-state index in [9.17, 15) is 18.0 Å². The first-order valence-corrected chi connectivity index (χ1v) is 8.73. The quantitative estimate of drug-likeness (QED) is 0.664. The number of fused-ring (bicyclic) bond motifs is 1. The van der Waals surface area contributed by atoms with Crippen LogP contribution in [0.4, 0.5) is 13.2 Å². The van der Waals surface area contributed by atoms with E-state index in [1.165, 1.54) is 18.3 Å². The summed E-state index contributed by atoms with van der Waals surface area (Å²) in [6.07, 6.45) is -3.22. The molecule has 0 saturated heterocycles.